The highest BCUT2D eigenvalue weighted by atomic mass is 35.5. The lowest BCUT2D eigenvalue weighted by molar-refractivity contribution is 0.0695. The van der Waals surface area contributed by atoms with Crippen LogP contribution in [-0.4, -0.2) is 20.2 Å². The van der Waals surface area contributed by atoms with E-state index in [1.807, 2.05) is 11.6 Å². The zero-order valence-electron chi connectivity index (χ0n) is 11.5. The maximum Gasteiger partial charge on any atom is 0.169 e. The number of hydrogen-bond acceptors (Lipinski definition) is 3. The molecule has 1 aromatic heterocycles. The Morgan fingerprint density at radius 3 is 2.67 bits per heavy atom. The molecule has 2 aliphatic rings. The minimum Gasteiger partial charge on any atom is -0.224 e. The summed E-state index contributed by atoms with van der Waals surface area (Å²) in [5.41, 5.74) is 0.576. The number of hydrogen-bond donors (Lipinski definition) is 0. The summed E-state index contributed by atoms with van der Waals surface area (Å²) in [6.07, 6.45) is 3.91. The van der Waals surface area contributed by atoms with Crippen molar-refractivity contribution >= 4 is 11.6 Å². The van der Waals surface area contributed by atoms with Crippen molar-refractivity contribution in [2.45, 2.75) is 58.4 Å². The molecule has 4 atom stereocenters. The van der Waals surface area contributed by atoms with E-state index in [9.17, 15) is 0 Å². The molecule has 0 radical (unpaired) electrons. The zero-order chi connectivity index (χ0) is 13.1. The molecular formula is C13H21ClN4. The van der Waals surface area contributed by atoms with Gasteiger partial charge in [-0.05, 0) is 53.4 Å². The van der Waals surface area contributed by atoms with Crippen LogP contribution in [0.4, 0.5) is 0 Å². The van der Waals surface area contributed by atoms with Gasteiger partial charge >= 0.3 is 0 Å². The molecule has 2 fully saturated rings. The van der Waals surface area contributed by atoms with E-state index in [4.69, 9.17) is 11.6 Å². The molecular weight excluding hydrogens is 248 g/mol. The van der Waals surface area contributed by atoms with Gasteiger partial charge in [0.1, 0.15) is 0 Å². The fourth-order valence-electron chi connectivity index (χ4n) is 4.53. The molecule has 1 heterocycles. The van der Waals surface area contributed by atoms with Gasteiger partial charge in [0.2, 0.25) is 0 Å². The first-order valence-electron chi connectivity index (χ1n) is 6.78. The number of aromatic nitrogens is 4. The van der Waals surface area contributed by atoms with E-state index in [-0.39, 0.29) is 10.8 Å². The quantitative estimate of drug-likeness (QED) is 0.773. The van der Waals surface area contributed by atoms with Gasteiger partial charge < -0.3 is 0 Å². The summed E-state index contributed by atoms with van der Waals surface area (Å²) in [6, 6.07) is 0.370. The molecule has 0 aromatic carbocycles. The normalized spacial score (nSPS) is 39.2. The van der Waals surface area contributed by atoms with Gasteiger partial charge in [0.15, 0.2) is 5.82 Å². The summed E-state index contributed by atoms with van der Waals surface area (Å²) in [5.74, 6) is 1.60. The fraction of sp³-hybridized carbons (Fsp3) is 0.923. The summed E-state index contributed by atoms with van der Waals surface area (Å²) >= 11 is 6.21. The van der Waals surface area contributed by atoms with Gasteiger partial charge in [-0.15, -0.1) is 16.7 Å². The Morgan fingerprint density at radius 1 is 1.39 bits per heavy atom. The summed E-state index contributed by atoms with van der Waals surface area (Å²) in [4.78, 5) is 0. The summed E-state index contributed by atoms with van der Waals surface area (Å²) in [6.45, 7) is 9.04. The predicted molar refractivity (Wildman–Crippen MR) is 70.4 cm³/mol. The summed E-state index contributed by atoms with van der Waals surface area (Å²) in [7, 11) is 0. The topological polar surface area (TPSA) is 43.6 Å². The van der Waals surface area contributed by atoms with E-state index in [2.05, 4.69) is 36.3 Å². The smallest absolute Gasteiger partial charge is 0.169 e. The molecule has 2 saturated carbocycles. The molecule has 2 bridgehead atoms. The Morgan fingerprint density at radius 2 is 2.11 bits per heavy atom. The van der Waals surface area contributed by atoms with E-state index in [0.717, 1.165) is 11.7 Å². The second-order valence-corrected chi connectivity index (χ2v) is 7.57. The van der Waals surface area contributed by atoms with E-state index in [1.165, 1.54) is 19.3 Å². The van der Waals surface area contributed by atoms with Gasteiger partial charge in [-0.25, -0.2) is 4.68 Å². The molecule has 0 aliphatic heterocycles. The van der Waals surface area contributed by atoms with Crippen molar-refractivity contribution in [1.29, 1.82) is 0 Å². The van der Waals surface area contributed by atoms with Crippen molar-refractivity contribution in [3.63, 3.8) is 0 Å². The summed E-state index contributed by atoms with van der Waals surface area (Å²) < 4.78 is 2.01. The van der Waals surface area contributed by atoms with Gasteiger partial charge in [0, 0.05) is 0 Å². The Balaban J connectivity index is 2.08. The lowest BCUT2D eigenvalue weighted by Gasteiger charge is -2.42. The van der Waals surface area contributed by atoms with Crippen molar-refractivity contribution in [2.75, 3.05) is 0 Å². The van der Waals surface area contributed by atoms with Gasteiger partial charge in [-0.3, -0.25) is 0 Å². The van der Waals surface area contributed by atoms with Crippen molar-refractivity contribution in [3.05, 3.63) is 5.82 Å². The molecule has 0 amide bonds. The third kappa shape index (κ3) is 1.47. The second kappa shape index (κ2) is 3.69. The highest BCUT2D eigenvalue weighted by Gasteiger charge is 2.61. The molecule has 3 rings (SSSR count). The number of alkyl halides is 1. The van der Waals surface area contributed by atoms with E-state index >= 15 is 0 Å². The van der Waals surface area contributed by atoms with Crippen molar-refractivity contribution in [2.24, 2.45) is 16.7 Å². The fourth-order valence-corrected chi connectivity index (χ4v) is 4.68. The van der Waals surface area contributed by atoms with Gasteiger partial charge in [0.25, 0.3) is 0 Å². The van der Waals surface area contributed by atoms with E-state index < -0.39 is 0 Å². The lowest BCUT2D eigenvalue weighted by Crippen LogP contribution is -2.38. The van der Waals surface area contributed by atoms with Crippen LogP contribution in [-0.2, 0) is 0 Å². The number of halogens is 1. The first-order valence-corrected chi connectivity index (χ1v) is 7.22. The Labute approximate surface area is 113 Å². The first-order chi connectivity index (χ1) is 8.36. The average Bonchev–Trinajstić information content (AvgIpc) is 2.88. The average molecular weight is 269 g/mol. The molecule has 4 nitrogen and oxygen atoms in total. The van der Waals surface area contributed by atoms with Gasteiger partial charge in [-0.2, -0.15) is 0 Å². The highest BCUT2D eigenvalue weighted by molar-refractivity contribution is 6.20. The van der Waals surface area contributed by atoms with Crippen LogP contribution in [0.25, 0.3) is 0 Å². The van der Waals surface area contributed by atoms with Crippen LogP contribution in [0.5, 0.6) is 0 Å². The third-order valence-electron chi connectivity index (χ3n) is 5.31. The largest absolute Gasteiger partial charge is 0.224 e. The SMILES string of the molecule is CC(Cl)c1nnnn1C1C2(C)CCC(C2)C1(C)C. The zero-order valence-corrected chi connectivity index (χ0v) is 12.3. The van der Waals surface area contributed by atoms with Crippen molar-refractivity contribution < 1.29 is 0 Å². The molecule has 5 heteroatoms. The molecule has 0 saturated heterocycles. The highest BCUT2D eigenvalue weighted by Crippen LogP contribution is 2.68. The van der Waals surface area contributed by atoms with Crippen LogP contribution in [0.3, 0.4) is 0 Å². The van der Waals surface area contributed by atoms with Crippen molar-refractivity contribution in [1.82, 2.24) is 20.2 Å². The van der Waals surface area contributed by atoms with Crippen LogP contribution in [0.1, 0.15) is 64.2 Å². The Kier molecular flexibility index (Phi) is 2.54. The Hall–Kier alpha value is -0.640. The van der Waals surface area contributed by atoms with Crippen LogP contribution in [0, 0.1) is 16.7 Å². The van der Waals surface area contributed by atoms with E-state index in [0.29, 0.717) is 11.5 Å². The molecule has 0 spiro atoms. The number of nitrogens with zero attached hydrogens (tertiary/aromatic N) is 4. The maximum absolute atomic E-state index is 6.21. The molecule has 2 aliphatic carbocycles. The Bertz CT molecular complexity index is 463. The predicted octanol–water partition coefficient (Wildman–Crippen LogP) is 3.36. The van der Waals surface area contributed by atoms with Crippen LogP contribution in [0.2, 0.25) is 0 Å². The first kappa shape index (κ1) is 12.4. The number of fused-ring (bicyclic) bond motifs is 2. The van der Waals surface area contributed by atoms with Crippen LogP contribution < -0.4 is 0 Å². The lowest BCUT2D eigenvalue weighted by atomic mass is 9.68. The molecule has 100 valence electrons. The van der Waals surface area contributed by atoms with Gasteiger partial charge in [-0.1, -0.05) is 20.8 Å². The molecule has 1 aromatic rings. The number of tetrazole rings is 1. The van der Waals surface area contributed by atoms with Gasteiger partial charge in [0.05, 0.1) is 11.4 Å². The molecule has 18 heavy (non-hydrogen) atoms. The molecule has 0 N–H and O–H groups in total. The standard InChI is InChI=1S/C13H21ClN4/c1-8(14)10-15-16-17-18(10)11-12(2,3)9-5-6-13(11,4)7-9/h8-9,11H,5-7H2,1-4H3. The van der Waals surface area contributed by atoms with Crippen LogP contribution in [0.15, 0.2) is 0 Å². The minimum atomic E-state index is -0.140. The minimum absolute atomic E-state index is 0.140. The third-order valence-corrected chi connectivity index (χ3v) is 5.51. The number of rotatable bonds is 2. The van der Waals surface area contributed by atoms with E-state index in [1.54, 1.807) is 0 Å². The molecule has 4 unspecified atom stereocenters. The maximum atomic E-state index is 6.21. The van der Waals surface area contributed by atoms with Crippen molar-refractivity contribution in [3.8, 4) is 0 Å². The second-order valence-electron chi connectivity index (χ2n) is 6.92. The summed E-state index contributed by atoms with van der Waals surface area (Å²) in [5, 5.41) is 12.1. The monoisotopic (exact) mass is 268 g/mol. The van der Waals surface area contributed by atoms with Crippen LogP contribution >= 0.6 is 11.6 Å².